The fourth-order valence-electron chi connectivity index (χ4n) is 3.24. The lowest BCUT2D eigenvalue weighted by Crippen LogP contribution is -2.38. The second kappa shape index (κ2) is 5.89. The SMILES string of the molecule is CSc1ncc2c(n1)-c1ccccc1OC2N1CCCCC1. The number of hydrogen-bond donors (Lipinski definition) is 0. The number of nitrogens with zero attached hydrogens (tertiary/aromatic N) is 3. The van der Waals surface area contributed by atoms with Crippen molar-refractivity contribution in [2.45, 2.75) is 30.6 Å². The van der Waals surface area contributed by atoms with Crippen molar-refractivity contribution in [3.05, 3.63) is 36.0 Å². The Kier molecular flexibility index (Phi) is 3.76. The van der Waals surface area contributed by atoms with Gasteiger partial charge in [0.05, 0.1) is 11.3 Å². The number of likely N-dealkylation sites (tertiary alicyclic amines) is 1. The first-order valence-corrected chi connectivity index (χ1v) is 9.00. The summed E-state index contributed by atoms with van der Waals surface area (Å²) in [6.07, 6.45) is 7.69. The van der Waals surface area contributed by atoms with Crippen LogP contribution in [0.25, 0.3) is 11.3 Å². The van der Waals surface area contributed by atoms with Crippen LogP contribution in [0.5, 0.6) is 5.75 Å². The highest BCUT2D eigenvalue weighted by molar-refractivity contribution is 7.98. The van der Waals surface area contributed by atoms with Gasteiger partial charge in [0.1, 0.15) is 5.75 Å². The summed E-state index contributed by atoms with van der Waals surface area (Å²) in [5.74, 6) is 0.927. The summed E-state index contributed by atoms with van der Waals surface area (Å²) in [5.41, 5.74) is 3.19. The Balaban J connectivity index is 1.81. The van der Waals surface area contributed by atoms with Crippen LogP contribution in [0.4, 0.5) is 0 Å². The van der Waals surface area contributed by atoms with Crippen molar-refractivity contribution in [2.75, 3.05) is 19.3 Å². The first-order chi connectivity index (χ1) is 10.9. The summed E-state index contributed by atoms with van der Waals surface area (Å²) in [5, 5.41) is 0.813. The molecule has 1 aromatic carbocycles. The number of piperidine rings is 1. The van der Waals surface area contributed by atoms with Gasteiger partial charge < -0.3 is 4.74 Å². The van der Waals surface area contributed by atoms with E-state index in [1.807, 2.05) is 30.7 Å². The highest BCUT2D eigenvalue weighted by Crippen LogP contribution is 2.43. The number of rotatable bonds is 2. The van der Waals surface area contributed by atoms with E-state index in [0.29, 0.717) is 0 Å². The van der Waals surface area contributed by atoms with Crippen LogP contribution in [0.1, 0.15) is 31.1 Å². The Labute approximate surface area is 134 Å². The zero-order valence-corrected chi connectivity index (χ0v) is 13.5. The second-order valence-electron chi connectivity index (χ2n) is 5.72. The van der Waals surface area contributed by atoms with Crippen LogP contribution in [-0.4, -0.2) is 34.2 Å². The molecule has 4 nitrogen and oxygen atoms in total. The van der Waals surface area contributed by atoms with Crippen LogP contribution in [0.2, 0.25) is 0 Å². The van der Waals surface area contributed by atoms with Crippen molar-refractivity contribution in [2.24, 2.45) is 0 Å². The second-order valence-corrected chi connectivity index (χ2v) is 6.50. The third-order valence-corrected chi connectivity index (χ3v) is 4.91. The molecule has 0 amide bonds. The van der Waals surface area contributed by atoms with E-state index in [-0.39, 0.29) is 6.23 Å². The van der Waals surface area contributed by atoms with E-state index in [0.717, 1.165) is 40.8 Å². The molecule has 0 aliphatic carbocycles. The lowest BCUT2D eigenvalue weighted by atomic mass is 10.0. The molecule has 4 rings (SSSR count). The maximum Gasteiger partial charge on any atom is 0.187 e. The van der Waals surface area contributed by atoms with Crippen molar-refractivity contribution < 1.29 is 4.74 Å². The number of ether oxygens (including phenoxy) is 1. The summed E-state index contributed by atoms with van der Waals surface area (Å²) in [7, 11) is 0. The van der Waals surface area contributed by atoms with Crippen LogP contribution >= 0.6 is 11.8 Å². The van der Waals surface area contributed by atoms with Crippen LogP contribution in [0.15, 0.2) is 35.6 Å². The van der Waals surface area contributed by atoms with Gasteiger partial charge in [-0.2, -0.15) is 0 Å². The first-order valence-electron chi connectivity index (χ1n) is 7.78. The molecule has 0 bridgehead atoms. The van der Waals surface area contributed by atoms with Crippen LogP contribution in [-0.2, 0) is 0 Å². The minimum Gasteiger partial charge on any atom is -0.470 e. The lowest BCUT2D eigenvalue weighted by Gasteiger charge is -2.37. The van der Waals surface area contributed by atoms with E-state index in [9.17, 15) is 0 Å². The van der Waals surface area contributed by atoms with Gasteiger partial charge in [-0.15, -0.1) is 0 Å². The summed E-state index contributed by atoms with van der Waals surface area (Å²) in [4.78, 5) is 11.7. The Morgan fingerprint density at radius 2 is 2.00 bits per heavy atom. The molecule has 1 unspecified atom stereocenters. The van der Waals surface area contributed by atoms with E-state index in [2.05, 4.69) is 16.0 Å². The molecular weight excluding hydrogens is 294 g/mol. The summed E-state index contributed by atoms with van der Waals surface area (Å²) in [6.45, 7) is 2.16. The largest absolute Gasteiger partial charge is 0.470 e. The lowest BCUT2D eigenvalue weighted by molar-refractivity contribution is 0.00807. The first kappa shape index (κ1) is 14.0. The Morgan fingerprint density at radius 1 is 1.18 bits per heavy atom. The highest BCUT2D eigenvalue weighted by Gasteiger charge is 2.32. The van der Waals surface area contributed by atoms with Crippen molar-refractivity contribution in [1.82, 2.24) is 14.9 Å². The molecule has 2 aliphatic rings. The Hall–Kier alpha value is -1.59. The van der Waals surface area contributed by atoms with Gasteiger partial charge in [-0.3, -0.25) is 4.90 Å². The average molecular weight is 313 g/mol. The predicted octanol–water partition coefficient (Wildman–Crippen LogP) is 3.74. The number of para-hydroxylation sites is 1. The van der Waals surface area contributed by atoms with Crippen LogP contribution in [0, 0.1) is 0 Å². The molecule has 2 aromatic rings. The van der Waals surface area contributed by atoms with Crippen molar-refractivity contribution in [1.29, 1.82) is 0 Å². The van der Waals surface area contributed by atoms with Crippen molar-refractivity contribution in [3.63, 3.8) is 0 Å². The number of thioether (sulfide) groups is 1. The topological polar surface area (TPSA) is 38.3 Å². The van der Waals surface area contributed by atoms with Gasteiger partial charge in [-0.05, 0) is 31.2 Å². The fraction of sp³-hybridized carbons (Fsp3) is 0.412. The van der Waals surface area contributed by atoms with E-state index < -0.39 is 0 Å². The zero-order valence-electron chi connectivity index (χ0n) is 12.7. The van der Waals surface area contributed by atoms with Gasteiger partial charge in [0.15, 0.2) is 11.4 Å². The minimum absolute atomic E-state index is 0.0545. The quantitative estimate of drug-likeness (QED) is 0.624. The smallest absolute Gasteiger partial charge is 0.187 e. The molecule has 1 atom stereocenters. The third-order valence-electron chi connectivity index (χ3n) is 4.35. The molecule has 0 saturated carbocycles. The summed E-state index contributed by atoms with van der Waals surface area (Å²) >= 11 is 1.58. The maximum atomic E-state index is 6.31. The van der Waals surface area contributed by atoms with Crippen LogP contribution in [0.3, 0.4) is 0 Å². The van der Waals surface area contributed by atoms with Crippen molar-refractivity contribution >= 4 is 11.8 Å². The monoisotopic (exact) mass is 313 g/mol. The fourth-order valence-corrected chi connectivity index (χ4v) is 3.58. The molecule has 1 aromatic heterocycles. The molecule has 0 spiro atoms. The Bertz CT molecular complexity index is 685. The van der Waals surface area contributed by atoms with Crippen LogP contribution < -0.4 is 4.74 Å². The molecule has 0 N–H and O–H groups in total. The van der Waals surface area contributed by atoms with Gasteiger partial charge in [-0.25, -0.2) is 9.97 Å². The molecule has 22 heavy (non-hydrogen) atoms. The average Bonchev–Trinajstić information content (AvgIpc) is 2.61. The molecule has 114 valence electrons. The van der Waals surface area contributed by atoms with Gasteiger partial charge in [0, 0.05) is 24.8 Å². The molecule has 1 fully saturated rings. The van der Waals surface area contributed by atoms with Gasteiger partial charge in [-0.1, -0.05) is 30.3 Å². The van der Waals surface area contributed by atoms with Gasteiger partial charge in [0.2, 0.25) is 0 Å². The normalized spacial score (nSPS) is 20.9. The van der Waals surface area contributed by atoms with Crippen molar-refractivity contribution in [3.8, 4) is 17.0 Å². The van der Waals surface area contributed by atoms with E-state index >= 15 is 0 Å². The summed E-state index contributed by atoms with van der Waals surface area (Å²) in [6, 6.07) is 8.18. The van der Waals surface area contributed by atoms with Gasteiger partial charge >= 0.3 is 0 Å². The van der Waals surface area contributed by atoms with Gasteiger partial charge in [0.25, 0.3) is 0 Å². The third kappa shape index (κ3) is 2.38. The van der Waals surface area contributed by atoms with E-state index in [1.165, 1.54) is 19.3 Å². The number of benzene rings is 1. The predicted molar refractivity (Wildman–Crippen MR) is 88.0 cm³/mol. The highest BCUT2D eigenvalue weighted by atomic mass is 32.2. The standard InChI is InChI=1S/C17H19N3OS/c1-22-17-18-11-13-15(19-17)12-7-3-4-8-14(12)21-16(13)20-9-5-2-6-10-20/h3-4,7-8,11,16H,2,5-6,9-10H2,1H3. The molecule has 1 saturated heterocycles. The molecular formula is C17H19N3OS. The van der Waals surface area contributed by atoms with E-state index in [1.54, 1.807) is 11.8 Å². The molecule has 3 heterocycles. The Morgan fingerprint density at radius 3 is 2.82 bits per heavy atom. The zero-order chi connectivity index (χ0) is 14.9. The number of hydrogen-bond acceptors (Lipinski definition) is 5. The molecule has 2 aliphatic heterocycles. The maximum absolute atomic E-state index is 6.31. The number of fused-ring (bicyclic) bond motifs is 3. The summed E-state index contributed by atoms with van der Waals surface area (Å²) < 4.78 is 6.31. The van der Waals surface area contributed by atoms with E-state index in [4.69, 9.17) is 9.72 Å². The number of aromatic nitrogens is 2. The minimum atomic E-state index is -0.0545. The molecule has 0 radical (unpaired) electrons. The molecule has 5 heteroatoms.